The molecule has 82 valence electrons. The van der Waals surface area contributed by atoms with Crippen LogP contribution in [0.5, 0.6) is 0 Å². The second kappa shape index (κ2) is 4.80. The van der Waals surface area contributed by atoms with Crippen LogP contribution in [-0.2, 0) is 0 Å². The van der Waals surface area contributed by atoms with Crippen molar-refractivity contribution >= 4 is 37.7 Å². The van der Waals surface area contributed by atoms with E-state index in [0.29, 0.717) is 6.54 Å². The van der Waals surface area contributed by atoms with E-state index >= 15 is 0 Å². The first-order valence-electron chi connectivity index (χ1n) is 4.91. The van der Waals surface area contributed by atoms with E-state index in [0.717, 1.165) is 34.1 Å². The Labute approximate surface area is 106 Å². The zero-order valence-corrected chi connectivity index (χ0v) is 11.3. The van der Waals surface area contributed by atoms with Gasteiger partial charge >= 0.3 is 0 Å². The third kappa shape index (κ3) is 2.71. The van der Waals surface area contributed by atoms with E-state index in [4.69, 9.17) is 0 Å². The van der Waals surface area contributed by atoms with Crippen molar-refractivity contribution in [3.8, 4) is 0 Å². The van der Waals surface area contributed by atoms with Crippen LogP contribution in [0.4, 0.5) is 5.82 Å². The molecule has 5 heteroatoms. The van der Waals surface area contributed by atoms with Crippen molar-refractivity contribution in [1.82, 2.24) is 4.98 Å². The second-order valence-electron chi connectivity index (χ2n) is 3.70. The number of aliphatic hydroxyl groups excluding tert-OH is 1. The Hall–Kier alpha value is -0.130. The fourth-order valence-corrected chi connectivity index (χ4v) is 3.03. The molecule has 1 fully saturated rings. The molecule has 1 aromatic heterocycles. The highest BCUT2D eigenvalue weighted by Crippen LogP contribution is 2.28. The molecule has 2 heterocycles. The number of rotatable bonds is 1. The van der Waals surface area contributed by atoms with Crippen molar-refractivity contribution in [2.75, 3.05) is 18.0 Å². The van der Waals surface area contributed by atoms with Crippen LogP contribution in [-0.4, -0.2) is 29.3 Å². The molecule has 1 N–H and O–H groups in total. The number of halogens is 2. The third-order valence-corrected chi connectivity index (χ3v) is 3.50. The summed E-state index contributed by atoms with van der Waals surface area (Å²) in [4.78, 5) is 6.47. The van der Waals surface area contributed by atoms with Gasteiger partial charge in [-0.3, -0.25) is 0 Å². The molecule has 0 aliphatic carbocycles. The maximum atomic E-state index is 9.59. The highest BCUT2D eigenvalue weighted by atomic mass is 79.9. The summed E-state index contributed by atoms with van der Waals surface area (Å²) in [6.07, 6.45) is 3.47. The first-order valence-corrected chi connectivity index (χ1v) is 6.49. The quantitative estimate of drug-likeness (QED) is 0.857. The monoisotopic (exact) mass is 334 g/mol. The maximum absolute atomic E-state index is 9.59. The molecule has 0 unspecified atom stereocenters. The van der Waals surface area contributed by atoms with Crippen molar-refractivity contribution in [3.05, 3.63) is 21.2 Å². The number of anilines is 1. The molecule has 15 heavy (non-hydrogen) atoms. The van der Waals surface area contributed by atoms with E-state index in [9.17, 15) is 5.11 Å². The number of nitrogens with zero attached hydrogens (tertiary/aromatic N) is 2. The van der Waals surface area contributed by atoms with Gasteiger partial charge in [0.2, 0.25) is 0 Å². The minimum Gasteiger partial charge on any atom is -0.391 e. The van der Waals surface area contributed by atoms with E-state index in [2.05, 4.69) is 41.7 Å². The largest absolute Gasteiger partial charge is 0.391 e. The molecule has 0 bridgehead atoms. The highest BCUT2D eigenvalue weighted by molar-refractivity contribution is 9.11. The molecular weight excluding hydrogens is 324 g/mol. The Morgan fingerprint density at radius 3 is 2.93 bits per heavy atom. The summed E-state index contributed by atoms with van der Waals surface area (Å²) >= 11 is 6.86. The Kier molecular flexibility index (Phi) is 3.64. The van der Waals surface area contributed by atoms with Crippen molar-refractivity contribution < 1.29 is 5.11 Å². The predicted molar refractivity (Wildman–Crippen MR) is 67.1 cm³/mol. The van der Waals surface area contributed by atoms with Gasteiger partial charge in [-0.15, -0.1) is 0 Å². The van der Waals surface area contributed by atoms with Gasteiger partial charge in [0.1, 0.15) is 5.82 Å². The molecule has 0 amide bonds. The van der Waals surface area contributed by atoms with Gasteiger partial charge in [0.05, 0.1) is 10.6 Å². The summed E-state index contributed by atoms with van der Waals surface area (Å²) < 4.78 is 1.92. The van der Waals surface area contributed by atoms with E-state index < -0.39 is 0 Å². The third-order valence-electron chi connectivity index (χ3n) is 2.48. The number of pyridine rings is 1. The Bertz CT molecular complexity index is 359. The molecule has 1 aliphatic rings. The zero-order chi connectivity index (χ0) is 10.8. The van der Waals surface area contributed by atoms with E-state index in [1.807, 2.05) is 6.07 Å². The lowest BCUT2D eigenvalue weighted by atomic mass is 10.1. The Balaban J connectivity index is 2.21. The Morgan fingerprint density at radius 2 is 2.27 bits per heavy atom. The SMILES string of the molecule is O[C@H]1CCCN(c2ncc(Br)cc2Br)C1. The molecule has 3 nitrogen and oxygen atoms in total. The summed E-state index contributed by atoms with van der Waals surface area (Å²) in [6.45, 7) is 1.64. The topological polar surface area (TPSA) is 36.4 Å². The summed E-state index contributed by atoms with van der Waals surface area (Å²) in [7, 11) is 0. The molecule has 2 rings (SSSR count). The number of aliphatic hydroxyl groups is 1. The number of piperidine rings is 1. The van der Waals surface area contributed by atoms with E-state index in [1.165, 1.54) is 0 Å². The standard InChI is InChI=1S/C10H12Br2N2O/c11-7-4-9(12)10(13-5-7)14-3-1-2-8(15)6-14/h4-5,8,15H,1-3,6H2/t8-/m0/s1. The number of aromatic nitrogens is 1. The first-order chi connectivity index (χ1) is 7.16. The molecule has 0 saturated carbocycles. The average molecular weight is 336 g/mol. The van der Waals surface area contributed by atoms with Gasteiger partial charge in [-0.1, -0.05) is 0 Å². The predicted octanol–water partition coefficient (Wildman–Crippen LogP) is 2.57. The smallest absolute Gasteiger partial charge is 0.143 e. The number of β-amino-alcohol motifs (C(OH)–C–C–N with tert-alkyl or cyclic N) is 1. The molecule has 1 aliphatic heterocycles. The lowest BCUT2D eigenvalue weighted by molar-refractivity contribution is 0.154. The fourth-order valence-electron chi connectivity index (χ4n) is 1.79. The lowest BCUT2D eigenvalue weighted by Crippen LogP contribution is -2.38. The van der Waals surface area contributed by atoms with Gasteiger partial charge in [-0.25, -0.2) is 4.98 Å². The van der Waals surface area contributed by atoms with Gasteiger partial charge in [-0.2, -0.15) is 0 Å². The molecule has 0 aromatic carbocycles. The Morgan fingerprint density at radius 1 is 1.47 bits per heavy atom. The molecule has 1 saturated heterocycles. The van der Waals surface area contributed by atoms with Crippen LogP contribution in [0.1, 0.15) is 12.8 Å². The van der Waals surface area contributed by atoms with E-state index in [1.54, 1.807) is 6.20 Å². The van der Waals surface area contributed by atoms with E-state index in [-0.39, 0.29) is 6.10 Å². The molecule has 0 spiro atoms. The van der Waals surface area contributed by atoms with Crippen LogP contribution < -0.4 is 4.90 Å². The summed E-state index contributed by atoms with van der Waals surface area (Å²) in [5.41, 5.74) is 0. The summed E-state index contributed by atoms with van der Waals surface area (Å²) in [6, 6.07) is 1.98. The molecule has 0 radical (unpaired) electrons. The van der Waals surface area contributed by atoms with Gasteiger partial charge in [0.25, 0.3) is 0 Å². The van der Waals surface area contributed by atoms with Crippen LogP contribution in [0.3, 0.4) is 0 Å². The lowest BCUT2D eigenvalue weighted by Gasteiger charge is -2.31. The fraction of sp³-hybridized carbons (Fsp3) is 0.500. The second-order valence-corrected chi connectivity index (χ2v) is 5.47. The molecule has 1 atom stereocenters. The van der Waals surface area contributed by atoms with Gasteiger partial charge in [0, 0.05) is 23.8 Å². The van der Waals surface area contributed by atoms with Crippen LogP contribution in [0.25, 0.3) is 0 Å². The first kappa shape index (κ1) is 11.4. The maximum Gasteiger partial charge on any atom is 0.143 e. The van der Waals surface area contributed by atoms with Crippen LogP contribution >= 0.6 is 31.9 Å². The molecular formula is C10H12Br2N2O. The van der Waals surface area contributed by atoms with Crippen LogP contribution in [0.2, 0.25) is 0 Å². The van der Waals surface area contributed by atoms with Crippen LogP contribution in [0.15, 0.2) is 21.2 Å². The minimum atomic E-state index is -0.226. The normalized spacial score (nSPS) is 21.8. The highest BCUT2D eigenvalue weighted by Gasteiger charge is 2.20. The number of hydrogen-bond donors (Lipinski definition) is 1. The van der Waals surface area contributed by atoms with Gasteiger partial charge in [0.15, 0.2) is 0 Å². The summed E-state index contributed by atoms with van der Waals surface area (Å²) in [5, 5.41) is 9.59. The van der Waals surface area contributed by atoms with Gasteiger partial charge in [-0.05, 0) is 50.8 Å². The van der Waals surface area contributed by atoms with Crippen molar-refractivity contribution in [1.29, 1.82) is 0 Å². The van der Waals surface area contributed by atoms with Crippen molar-refractivity contribution in [3.63, 3.8) is 0 Å². The zero-order valence-electron chi connectivity index (χ0n) is 8.16. The summed E-state index contributed by atoms with van der Waals surface area (Å²) in [5.74, 6) is 0.914. The van der Waals surface area contributed by atoms with Crippen molar-refractivity contribution in [2.45, 2.75) is 18.9 Å². The average Bonchev–Trinajstić information content (AvgIpc) is 2.17. The van der Waals surface area contributed by atoms with Crippen LogP contribution in [0, 0.1) is 0 Å². The van der Waals surface area contributed by atoms with Gasteiger partial charge < -0.3 is 10.0 Å². The van der Waals surface area contributed by atoms with Crippen molar-refractivity contribution in [2.24, 2.45) is 0 Å². The minimum absolute atomic E-state index is 0.226. The molecule has 1 aromatic rings. The number of hydrogen-bond acceptors (Lipinski definition) is 3.